The van der Waals surface area contributed by atoms with Crippen LogP contribution in [0.3, 0.4) is 0 Å². The predicted molar refractivity (Wildman–Crippen MR) is 168 cm³/mol. The first-order chi connectivity index (χ1) is 19.1. The summed E-state index contributed by atoms with van der Waals surface area (Å²) in [4.78, 5) is 19.2. The highest BCUT2D eigenvalue weighted by molar-refractivity contribution is 7.80. The fraction of sp³-hybridized carbons (Fsp3) is 0.281. The molecule has 2 aromatic heterocycles. The largest absolute Gasteiger partial charge is 0.351 e. The molecule has 1 aliphatic rings. The maximum Gasteiger partial charge on any atom is 0.226 e. The molecule has 1 amide bonds. The maximum atomic E-state index is 12.4. The summed E-state index contributed by atoms with van der Waals surface area (Å²) in [6.07, 6.45) is 1.81. The number of hydrogen-bond acceptors (Lipinski definition) is 3. The van der Waals surface area contributed by atoms with E-state index in [1.54, 1.807) is 0 Å². The number of thiocarbonyl (C=S) groups is 1. The molecule has 2 aromatic carbocycles. The summed E-state index contributed by atoms with van der Waals surface area (Å²) in [5.41, 5.74) is 9.09. The van der Waals surface area contributed by atoms with Gasteiger partial charge in [-0.15, -0.1) is 0 Å². The minimum absolute atomic E-state index is 0.00829. The van der Waals surface area contributed by atoms with Crippen LogP contribution in [0.25, 0.3) is 5.69 Å². The standard InChI is InChI=1S/C32H34ClN5OS/c1-18(2)31(39)35-26-14-13-23(16-19(26)3)38-30(29(36-32(38)40)27-11-7-8-15-34-27)24-17-20(4)37(22(24)6)28-12-9-10-25(33)21(28)5/h7-18,29-30H,1-6H3,(H,35,39)(H,36,40)/t29-,30+/m0/s1. The third-order valence-electron chi connectivity index (χ3n) is 7.64. The van der Waals surface area contributed by atoms with Crippen molar-refractivity contribution >= 4 is 46.2 Å². The van der Waals surface area contributed by atoms with Crippen LogP contribution in [0.15, 0.2) is 66.9 Å². The summed E-state index contributed by atoms with van der Waals surface area (Å²) < 4.78 is 2.27. The average molecular weight is 572 g/mol. The Bertz CT molecular complexity index is 1600. The van der Waals surface area contributed by atoms with Crippen LogP contribution in [0.5, 0.6) is 0 Å². The van der Waals surface area contributed by atoms with E-state index >= 15 is 0 Å². The number of benzene rings is 2. The Labute approximate surface area is 246 Å². The molecule has 0 radical (unpaired) electrons. The number of hydrogen-bond donors (Lipinski definition) is 2. The summed E-state index contributed by atoms with van der Waals surface area (Å²) in [7, 11) is 0. The number of nitrogens with one attached hydrogen (secondary N) is 2. The van der Waals surface area contributed by atoms with Crippen LogP contribution in [0.2, 0.25) is 5.02 Å². The van der Waals surface area contributed by atoms with Gasteiger partial charge in [-0.3, -0.25) is 9.78 Å². The summed E-state index contributed by atoms with van der Waals surface area (Å²) in [5.74, 6) is -0.109. The van der Waals surface area contributed by atoms with Crippen LogP contribution in [0.1, 0.15) is 59.7 Å². The van der Waals surface area contributed by atoms with Gasteiger partial charge in [-0.1, -0.05) is 37.6 Å². The number of pyridine rings is 1. The maximum absolute atomic E-state index is 12.4. The van der Waals surface area contributed by atoms with Crippen molar-refractivity contribution in [3.8, 4) is 5.69 Å². The summed E-state index contributed by atoms with van der Waals surface area (Å²) in [6, 6.07) is 19.9. The van der Waals surface area contributed by atoms with E-state index in [1.165, 1.54) is 0 Å². The Morgan fingerprint density at radius 2 is 1.82 bits per heavy atom. The molecule has 5 rings (SSSR count). The molecular formula is C32H34ClN5OS. The molecule has 0 unspecified atom stereocenters. The second-order valence-electron chi connectivity index (χ2n) is 10.7. The lowest BCUT2D eigenvalue weighted by molar-refractivity contribution is -0.118. The van der Waals surface area contributed by atoms with Crippen LogP contribution in [0, 0.1) is 33.6 Å². The average Bonchev–Trinajstić information content (AvgIpc) is 3.42. The molecule has 1 fully saturated rings. The number of carbonyl (C=O) groups is 1. The van der Waals surface area contributed by atoms with Crippen molar-refractivity contribution in [2.75, 3.05) is 10.2 Å². The number of rotatable bonds is 6. The van der Waals surface area contributed by atoms with E-state index in [0.717, 1.165) is 55.9 Å². The third kappa shape index (κ3) is 5.00. The molecular weight excluding hydrogens is 538 g/mol. The fourth-order valence-corrected chi connectivity index (χ4v) is 5.98. The van der Waals surface area contributed by atoms with E-state index in [1.807, 2.05) is 76.4 Å². The lowest BCUT2D eigenvalue weighted by atomic mass is 9.96. The highest BCUT2D eigenvalue weighted by atomic mass is 35.5. The Hall–Kier alpha value is -3.68. The number of aromatic nitrogens is 2. The van der Waals surface area contributed by atoms with Crippen LogP contribution in [0.4, 0.5) is 11.4 Å². The Balaban J connectivity index is 1.64. The Morgan fingerprint density at radius 3 is 2.50 bits per heavy atom. The highest BCUT2D eigenvalue weighted by Gasteiger charge is 2.42. The number of amides is 1. The van der Waals surface area contributed by atoms with Gasteiger partial charge in [-0.05, 0) is 105 Å². The highest BCUT2D eigenvalue weighted by Crippen LogP contribution is 2.44. The van der Waals surface area contributed by atoms with Crippen molar-refractivity contribution in [3.63, 3.8) is 0 Å². The van der Waals surface area contributed by atoms with E-state index in [-0.39, 0.29) is 23.9 Å². The molecule has 40 heavy (non-hydrogen) atoms. The summed E-state index contributed by atoms with van der Waals surface area (Å²) in [6.45, 7) is 12.1. The molecule has 2 N–H and O–H groups in total. The second kappa shape index (κ2) is 11.1. The zero-order valence-electron chi connectivity index (χ0n) is 23.6. The number of halogens is 1. The first-order valence-electron chi connectivity index (χ1n) is 13.4. The van der Waals surface area contributed by atoms with Gasteiger partial charge < -0.3 is 20.1 Å². The lowest BCUT2D eigenvalue weighted by Crippen LogP contribution is -2.29. The van der Waals surface area contributed by atoms with E-state index in [4.69, 9.17) is 28.8 Å². The SMILES string of the molecule is Cc1cc(N2C(=S)N[C@@H](c3ccccn3)[C@H]2c2cc(C)n(-c3cccc(Cl)c3C)c2C)ccc1NC(=O)C(C)C. The molecule has 0 aliphatic carbocycles. The topological polar surface area (TPSA) is 62.2 Å². The molecule has 6 nitrogen and oxygen atoms in total. The van der Waals surface area contributed by atoms with Crippen LogP contribution < -0.4 is 15.5 Å². The number of carbonyl (C=O) groups excluding carboxylic acids is 1. The van der Waals surface area contributed by atoms with Crippen molar-refractivity contribution in [1.82, 2.24) is 14.9 Å². The van der Waals surface area contributed by atoms with Gasteiger partial charge in [0.1, 0.15) is 0 Å². The van der Waals surface area contributed by atoms with Crippen LogP contribution in [-0.4, -0.2) is 20.6 Å². The second-order valence-corrected chi connectivity index (χ2v) is 11.5. The van der Waals surface area contributed by atoms with Crippen molar-refractivity contribution in [2.24, 2.45) is 5.92 Å². The summed E-state index contributed by atoms with van der Waals surface area (Å²) >= 11 is 12.5. The van der Waals surface area contributed by atoms with E-state index in [9.17, 15) is 4.79 Å². The number of anilines is 2. The number of nitrogens with zero attached hydrogens (tertiary/aromatic N) is 3. The van der Waals surface area contributed by atoms with Gasteiger partial charge in [0, 0.05) is 45.6 Å². The van der Waals surface area contributed by atoms with Gasteiger partial charge >= 0.3 is 0 Å². The molecule has 3 heterocycles. The minimum Gasteiger partial charge on any atom is -0.351 e. The predicted octanol–water partition coefficient (Wildman–Crippen LogP) is 7.53. The van der Waals surface area contributed by atoms with Crippen LogP contribution >= 0.6 is 23.8 Å². The van der Waals surface area contributed by atoms with Crippen LogP contribution in [-0.2, 0) is 4.79 Å². The van der Waals surface area contributed by atoms with E-state index in [2.05, 4.69) is 52.1 Å². The molecule has 1 aliphatic heterocycles. The van der Waals surface area contributed by atoms with Gasteiger partial charge in [-0.2, -0.15) is 0 Å². The molecule has 2 atom stereocenters. The first-order valence-corrected chi connectivity index (χ1v) is 14.2. The molecule has 4 aromatic rings. The van der Waals surface area contributed by atoms with Crippen molar-refractivity contribution in [3.05, 3.63) is 106 Å². The van der Waals surface area contributed by atoms with Crippen molar-refractivity contribution in [2.45, 2.75) is 53.6 Å². The molecule has 206 valence electrons. The quantitative estimate of drug-likeness (QED) is 0.234. The molecule has 1 saturated heterocycles. The minimum atomic E-state index is -0.163. The van der Waals surface area contributed by atoms with Gasteiger partial charge in [0.05, 0.1) is 17.8 Å². The number of aryl methyl sites for hydroxylation is 2. The molecule has 0 bridgehead atoms. The van der Waals surface area contributed by atoms with E-state index in [0.29, 0.717) is 5.11 Å². The Morgan fingerprint density at radius 1 is 1.05 bits per heavy atom. The summed E-state index contributed by atoms with van der Waals surface area (Å²) in [5, 5.41) is 7.96. The van der Waals surface area contributed by atoms with Gasteiger partial charge in [0.25, 0.3) is 0 Å². The lowest BCUT2D eigenvalue weighted by Gasteiger charge is -2.29. The van der Waals surface area contributed by atoms with Gasteiger partial charge in [-0.25, -0.2) is 0 Å². The van der Waals surface area contributed by atoms with Gasteiger partial charge in [0.2, 0.25) is 5.91 Å². The Kier molecular flexibility index (Phi) is 7.71. The van der Waals surface area contributed by atoms with Gasteiger partial charge in [0.15, 0.2) is 5.11 Å². The normalized spacial score (nSPS) is 16.9. The fourth-order valence-electron chi connectivity index (χ4n) is 5.46. The zero-order chi connectivity index (χ0) is 28.7. The molecule has 0 spiro atoms. The first kappa shape index (κ1) is 27.9. The zero-order valence-corrected chi connectivity index (χ0v) is 25.2. The molecule has 8 heteroatoms. The molecule has 0 saturated carbocycles. The monoisotopic (exact) mass is 571 g/mol. The van der Waals surface area contributed by atoms with Crippen molar-refractivity contribution in [1.29, 1.82) is 0 Å². The van der Waals surface area contributed by atoms with E-state index < -0.39 is 0 Å². The third-order valence-corrected chi connectivity index (χ3v) is 8.36. The van der Waals surface area contributed by atoms with Crippen molar-refractivity contribution < 1.29 is 4.79 Å². The smallest absolute Gasteiger partial charge is 0.226 e.